The number of amides is 1. The number of carbonyl (C=O) groups is 1. The average molecular weight is 376 g/mol. The lowest BCUT2D eigenvalue weighted by molar-refractivity contribution is -0.127. The maximum absolute atomic E-state index is 12.3. The third-order valence-corrected chi connectivity index (χ3v) is 4.88. The van der Waals surface area contributed by atoms with Gasteiger partial charge in [-0.1, -0.05) is 17.7 Å². The van der Waals surface area contributed by atoms with Crippen molar-refractivity contribution in [2.75, 3.05) is 13.1 Å². The molecule has 1 fully saturated rings. The van der Waals surface area contributed by atoms with E-state index in [1.54, 1.807) is 0 Å². The lowest BCUT2D eigenvalue weighted by atomic mass is 9.96. The fraction of sp³-hybridized carbons (Fsp3) is 0.500. The van der Waals surface area contributed by atoms with E-state index in [4.69, 9.17) is 16.0 Å². The quantitative estimate of drug-likeness (QED) is 0.856. The first-order chi connectivity index (χ1) is 12.4. The molecule has 0 radical (unpaired) electrons. The van der Waals surface area contributed by atoms with E-state index in [1.807, 2.05) is 45.0 Å². The number of aryl methyl sites for hydroxylation is 1. The molecular formula is C20H26ClN3O2. The Morgan fingerprint density at radius 1 is 1.46 bits per heavy atom. The number of piperidine rings is 1. The normalized spacial score (nSPS) is 18.3. The van der Waals surface area contributed by atoms with Gasteiger partial charge in [-0.05, 0) is 58.4 Å². The SMILES string of the molecule is Cc1oc(-c2cccc(Cl)c2)nc1CN1CCCC(C(=O)NC(C)C)C1. The van der Waals surface area contributed by atoms with Crippen LogP contribution in [0.25, 0.3) is 11.5 Å². The van der Waals surface area contributed by atoms with E-state index in [0.29, 0.717) is 17.5 Å². The van der Waals surface area contributed by atoms with Crippen molar-refractivity contribution >= 4 is 17.5 Å². The van der Waals surface area contributed by atoms with Gasteiger partial charge in [-0.25, -0.2) is 4.98 Å². The maximum atomic E-state index is 12.3. The molecule has 2 heterocycles. The lowest BCUT2D eigenvalue weighted by Crippen LogP contribution is -2.44. The molecule has 1 atom stereocenters. The molecule has 0 saturated carbocycles. The molecule has 1 aliphatic heterocycles. The number of benzene rings is 1. The molecule has 1 amide bonds. The number of hydrogen-bond donors (Lipinski definition) is 1. The van der Waals surface area contributed by atoms with Gasteiger partial charge in [0.05, 0.1) is 11.6 Å². The summed E-state index contributed by atoms with van der Waals surface area (Å²) in [7, 11) is 0. The van der Waals surface area contributed by atoms with Gasteiger partial charge in [0.2, 0.25) is 11.8 Å². The third-order valence-electron chi connectivity index (χ3n) is 4.64. The molecule has 5 nitrogen and oxygen atoms in total. The van der Waals surface area contributed by atoms with E-state index in [0.717, 1.165) is 42.9 Å². The van der Waals surface area contributed by atoms with Gasteiger partial charge in [0.15, 0.2) is 0 Å². The van der Waals surface area contributed by atoms with Crippen molar-refractivity contribution in [3.05, 3.63) is 40.7 Å². The van der Waals surface area contributed by atoms with Crippen LogP contribution < -0.4 is 5.32 Å². The molecule has 1 aromatic carbocycles. The van der Waals surface area contributed by atoms with Crippen molar-refractivity contribution in [1.82, 2.24) is 15.2 Å². The number of rotatable bonds is 5. The average Bonchev–Trinajstić information content (AvgIpc) is 2.95. The minimum Gasteiger partial charge on any atom is -0.441 e. The summed E-state index contributed by atoms with van der Waals surface area (Å²) < 4.78 is 5.85. The Morgan fingerprint density at radius 3 is 3.00 bits per heavy atom. The Morgan fingerprint density at radius 2 is 2.27 bits per heavy atom. The summed E-state index contributed by atoms with van der Waals surface area (Å²) in [6.45, 7) is 8.36. The summed E-state index contributed by atoms with van der Waals surface area (Å²) in [6, 6.07) is 7.69. The zero-order chi connectivity index (χ0) is 18.7. The molecule has 1 aromatic heterocycles. The predicted molar refractivity (Wildman–Crippen MR) is 103 cm³/mol. The first-order valence-corrected chi connectivity index (χ1v) is 9.55. The first-order valence-electron chi connectivity index (χ1n) is 9.17. The Kier molecular flexibility index (Phi) is 5.99. The zero-order valence-electron chi connectivity index (χ0n) is 15.6. The van der Waals surface area contributed by atoms with Crippen LogP contribution in [0.3, 0.4) is 0 Å². The van der Waals surface area contributed by atoms with Crippen LogP contribution in [0.2, 0.25) is 5.02 Å². The van der Waals surface area contributed by atoms with Crippen LogP contribution in [0.5, 0.6) is 0 Å². The van der Waals surface area contributed by atoms with Gasteiger partial charge in [0.1, 0.15) is 5.76 Å². The Bertz CT molecular complexity index is 772. The highest BCUT2D eigenvalue weighted by atomic mass is 35.5. The van der Waals surface area contributed by atoms with Gasteiger partial charge >= 0.3 is 0 Å². The van der Waals surface area contributed by atoms with Gasteiger partial charge in [-0.3, -0.25) is 9.69 Å². The van der Waals surface area contributed by atoms with Crippen molar-refractivity contribution in [2.45, 2.75) is 46.2 Å². The van der Waals surface area contributed by atoms with Crippen molar-refractivity contribution < 1.29 is 9.21 Å². The first kappa shape index (κ1) is 18.9. The Balaban J connectivity index is 1.68. The van der Waals surface area contributed by atoms with Crippen LogP contribution >= 0.6 is 11.6 Å². The molecule has 3 rings (SSSR count). The number of hydrogen-bond acceptors (Lipinski definition) is 4. The van der Waals surface area contributed by atoms with Crippen LogP contribution in [0, 0.1) is 12.8 Å². The third kappa shape index (κ3) is 4.65. The second-order valence-corrected chi connectivity index (χ2v) is 7.71. The Labute approximate surface area is 159 Å². The predicted octanol–water partition coefficient (Wildman–Crippen LogP) is 4.04. The number of carbonyl (C=O) groups excluding carboxylic acids is 1. The molecule has 140 valence electrons. The van der Waals surface area contributed by atoms with Gasteiger partial charge < -0.3 is 9.73 Å². The van der Waals surface area contributed by atoms with E-state index >= 15 is 0 Å². The smallest absolute Gasteiger partial charge is 0.226 e. The molecule has 1 N–H and O–H groups in total. The van der Waals surface area contributed by atoms with Crippen LogP contribution in [0.4, 0.5) is 0 Å². The van der Waals surface area contributed by atoms with E-state index in [9.17, 15) is 4.79 Å². The number of nitrogens with zero attached hydrogens (tertiary/aromatic N) is 2. The zero-order valence-corrected chi connectivity index (χ0v) is 16.3. The molecule has 0 bridgehead atoms. The van der Waals surface area contributed by atoms with Crippen LogP contribution in [-0.2, 0) is 11.3 Å². The van der Waals surface area contributed by atoms with E-state index in [-0.39, 0.29) is 17.9 Å². The minimum atomic E-state index is 0.0470. The van der Waals surface area contributed by atoms with E-state index in [2.05, 4.69) is 15.2 Å². The van der Waals surface area contributed by atoms with Gasteiger partial charge in [0, 0.05) is 29.7 Å². The monoisotopic (exact) mass is 375 g/mol. The summed E-state index contributed by atoms with van der Waals surface area (Å²) in [5, 5.41) is 3.69. The summed E-state index contributed by atoms with van der Waals surface area (Å²) in [5.74, 6) is 1.60. The fourth-order valence-corrected chi connectivity index (χ4v) is 3.54. The molecular weight excluding hydrogens is 350 g/mol. The largest absolute Gasteiger partial charge is 0.441 e. The summed E-state index contributed by atoms with van der Waals surface area (Å²) in [6.07, 6.45) is 1.97. The highest BCUT2D eigenvalue weighted by molar-refractivity contribution is 6.30. The topological polar surface area (TPSA) is 58.4 Å². The molecule has 6 heteroatoms. The van der Waals surface area contributed by atoms with Gasteiger partial charge in [-0.2, -0.15) is 0 Å². The van der Waals surface area contributed by atoms with Gasteiger partial charge in [0.25, 0.3) is 0 Å². The summed E-state index contributed by atoms with van der Waals surface area (Å²) in [4.78, 5) is 19.3. The number of halogens is 1. The molecule has 1 saturated heterocycles. The van der Waals surface area contributed by atoms with E-state index in [1.165, 1.54) is 0 Å². The highest BCUT2D eigenvalue weighted by Crippen LogP contribution is 2.26. The molecule has 0 aliphatic carbocycles. The summed E-state index contributed by atoms with van der Waals surface area (Å²) >= 11 is 6.06. The second kappa shape index (κ2) is 8.23. The Hall–Kier alpha value is -1.85. The lowest BCUT2D eigenvalue weighted by Gasteiger charge is -2.31. The maximum Gasteiger partial charge on any atom is 0.226 e. The second-order valence-electron chi connectivity index (χ2n) is 7.27. The number of likely N-dealkylation sites (tertiary alicyclic amines) is 1. The van der Waals surface area contributed by atoms with E-state index < -0.39 is 0 Å². The van der Waals surface area contributed by atoms with Crippen molar-refractivity contribution in [3.8, 4) is 11.5 Å². The van der Waals surface area contributed by atoms with Crippen molar-refractivity contribution in [3.63, 3.8) is 0 Å². The van der Waals surface area contributed by atoms with Crippen molar-refractivity contribution in [2.24, 2.45) is 5.92 Å². The minimum absolute atomic E-state index is 0.0470. The fourth-order valence-electron chi connectivity index (χ4n) is 3.35. The molecule has 1 aliphatic rings. The molecule has 2 aromatic rings. The number of nitrogens with one attached hydrogen (secondary N) is 1. The van der Waals surface area contributed by atoms with Crippen LogP contribution in [0.15, 0.2) is 28.7 Å². The van der Waals surface area contributed by atoms with Crippen molar-refractivity contribution in [1.29, 1.82) is 0 Å². The van der Waals surface area contributed by atoms with Crippen LogP contribution in [-0.4, -0.2) is 34.9 Å². The molecule has 0 spiro atoms. The number of oxazole rings is 1. The molecule has 1 unspecified atom stereocenters. The highest BCUT2D eigenvalue weighted by Gasteiger charge is 2.27. The summed E-state index contributed by atoms with van der Waals surface area (Å²) in [5.41, 5.74) is 1.80. The number of aromatic nitrogens is 1. The molecule has 26 heavy (non-hydrogen) atoms. The van der Waals surface area contributed by atoms with Gasteiger partial charge in [-0.15, -0.1) is 0 Å². The standard InChI is InChI=1S/C20H26ClN3O2/c1-13(2)22-19(25)16-7-5-9-24(11-16)12-18-14(3)26-20(23-18)15-6-4-8-17(21)10-15/h4,6,8,10,13,16H,5,7,9,11-12H2,1-3H3,(H,22,25). The van der Waals surface area contributed by atoms with Crippen LogP contribution in [0.1, 0.15) is 38.1 Å².